The van der Waals surface area contributed by atoms with Crippen molar-refractivity contribution in [2.75, 3.05) is 19.6 Å². The molecular weight excluding hydrogens is 256 g/mol. The first kappa shape index (κ1) is 14.8. The molecule has 0 radical (unpaired) electrons. The summed E-state index contributed by atoms with van der Waals surface area (Å²) in [5.41, 5.74) is 1.70. The van der Waals surface area contributed by atoms with Crippen LogP contribution >= 0.6 is 0 Å². The van der Waals surface area contributed by atoms with Gasteiger partial charge >= 0.3 is 0 Å². The van der Waals surface area contributed by atoms with Crippen LogP contribution in [0.25, 0.3) is 6.08 Å². The summed E-state index contributed by atoms with van der Waals surface area (Å²) in [6, 6.07) is 10.6. The fraction of sp³-hybridized carbons (Fsp3) is 0.579. The molecule has 2 unspecified atom stereocenters. The first-order valence-corrected chi connectivity index (χ1v) is 8.51. The highest BCUT2D eigenvalue weighted by Crippen LogP contribution is 2.47. The molecule has 1 aliphatic heterocycles. The van der Waals surface area contributed by atoms with Crippen LogP contribution in [0.4, 0.5) is 0 Å². The second-order valence-electron chi connectivity index (χ2n) is 6.66. The molecule has 0 aromatic heterocycles. The Hall–Kier alpha value is -1.12. The van der Waals surface area contributed by atoms with E-state index in [0.29, 0.717) is 11.5 Å². The fourth-order valence-corrected chi connectivity index (χ4v) is 3.55. The zero-order valence-corrected chi connectivity index (χ0v) is 13.1. The van der Waals surface area contributed by atoms with Crippen molar-refractivity contribution < 1.29 is 0 Å². The Bertz CT molecular complexity index is 462. The number of benzene rings is 1. The van der Waals surface area contributed by atoms with Crippen LogP contribution in [0, 0.1) is 11.8 Å². The normalized spacial score (nSPS) is 29.9. The van der Waals surface area contributed by atoms with Crippen LogP contribution in [0.1, 0.15) is 38.2 Å². The molecule has 2 atom stereocenters. The van der Waals surface area contributed by atoms with Crippen LogP contribution in [0.2, 0.25) is 0 Å². The summed E-state index contributed by atoms with van der Waals surface area (Å²) in [6.45, 7) is 5.92. The SMILES string of the molecule is CCC1(NCC2CCNCC2)CC1/C=C/c1ccccc1. The molecule has 1 saturated heterocycles. The molecule has 21 heavy (non-hydrogen) atoms. The number of nitrogens with one attached hydrogen (secondary N) is 2. The van der Waals surface area contributed by atoms with Crippen molar-refractivity contribution in [1.29, 1.82) is 0 Å². The third kappa shape index (κ3) is 3.75. The first-order valence-electron chi connectivity index (χ1n) is 8.51. The number of hydrogen-bond acceptors (Lipinski definition) is 2. The molecule has 1 aromatic carbocycles. The van der Waals surface area contributed by atoms with E-state index in [-0.39, 0.29) is 0 Å². The van der Waals surface area contributed by atoms with E-state index in [1.54, 1.807) is 0 Å². The fourth-order valence-electron chi connectivity index (χ4n) is 3.55. The average molecular weight is 284 g/mol. The molecule has 2 aliphatic rings. The highest BCUT2D eigenvalue weighted by Gasteiger charge is 2.50. The zero-order chi connectivity index (χ0) is 14.5. The van der Waals surface area contributed by atoms with Crippen molar-refractivity contribution >= 4 is 6.08 Å². The van der Waals surface area contributed by atoms with Gasteiger partial charge in [0.25, 0.3) is 0 Å². The van der Waals surface area contributed by atoms with Crippen LogP contribution in [-0.2, 0) is 0 Å². The Morgan fingerprint density at radius 2 is 2.00 bits per heavy atom. The summed E-state index contributed by atoms with van der Waals surface area (Å²) in [4.78, 5) is 0. The molecule has 1 aliphatic carbocycles. The molecule has 2 N–H and O–H groups in total. The number of piperidine rings is 1. The van der Waals surface area contributed by atoms with Gasteiger partial charge in [0.05, 0.1) is 0 Å². The van der Waals surface area contributed by atoms with Gasteiger partial charge in [-0.25, -0.2) is 0 Å². The molecule has 2 fully saturated rings. The number of rotatable bonds is 6. The Kier molecular flexibility index (Phi) is 4.77. The molecular formula is C19H28N2. The van der Waals surface area contributed by atoms with Crippen LogP contribution in [0.3, 0.4) is 0 Å². The van der Waals surface area contributed by atoms with E-state index >= 15 is 0 Å². The minimum absolute atomic E-state index is 0.385. The van der Waals surface area contributed by atoms with Crippen LogP contribution < -0.4 is 10.6 Å². The maximum atomic E-state index is 3.90. The second kappa shape index (κ2) is 6.76. The van der Waals surface area contributed by atoms with E-state index in [1.165, 1.54) is 50.9 Å². The monoisotopic (exact) mass is 284 g/mol. The van der Waals surface area contributed by atoms with Gasteiger partial charge in [0.2, 0.25) is 0 Å². The van der Waals surface area contributed by atoms with E-state index in [1.807, 2.05) is 0 Å². The van der Waals surface area contributed by atoms with Crippen molar-refractivity contribution in [3.8, 4) is 0 Å². The maximum absolute atomic E-state index is 3.90. The van der Waals surface area contributed by atoms with Gasteiger partial charge in [-0.2, -0.15) is 0 Å². The van der Waals surface area contributed by atoms with Crippen molar-refractivity contribution in [3.05, 3.63) is 42.0 Å². The Morgan fingerprint density at radius 3 is 2.71 bits per heavy atom. The minimum Gasteiger partial charge on any atom is -0.317 e. The van der Waals surface area contributed by atoms with E-state index in [2.05, 4.69) is 60.0 Å². The molecule has 2 nitrogen and oxygen atoms in total. The Labute approximate surface area is 129 Å². The van der Waals surface area contributed by atoms with Gasteiger partial charge in [0.1, 0.15) is 0 Å². The lowest BCUT2D eigenvalue weighted by Crippen LogP contribution is -2.40. The lowest BCUT2D eigenvalue weighted by atomic mass is 9.97. The predicted molar refractivity (Wildman–Crippen MR) is 90.2 cm³/mol. The molecule has 2 heteroatoms. The lowest BCUT2D eigenvalue weighted by molar-refractivity contribution is 0.326. The molecule has 1 saturated carbocycles. The Balaban J connectivity index is 1.50. The average Bonchev–Trinajstić information content (AvgIpc) is 3.27. The highest BCUT2D eigenvalue weighted by molar-refractivity contribution is 5.50. The molecule has 1 heterocycles. The van der Waals surface area contributed by atoms with Crippen LogP contribution in [0.15, 0.2) is 36.4 Å². The third-order valence-electron chi connectivity index (χ3n) is 5.29. The summed E-state index contributed by atoms with van der Waals surface area (Å²) in [7, 11) is 0. The van der Waals surface area contributed by atoms with E-state index in [4.69, 9.17) is 0 Å². The van der Waals surface area contributed by atoms with Crippen LogP contribution in [0.5, 0.6) is 0 Å². The molecule has 0 spiro atoms. The summed E-state index contributed by atoms with van der Waals surface area (Å²) >= 11 is 0. The molecule has 0 bridgehead atoms. The van der Waals surface area contributed by atoms with Gasteiger partial charge in [0.15, 0.2) is 0 Å². The van der Waals surface area contributed by atoms with E-state index < -0.39 is 0 Å². The summed E-state index contributed by atoms with van der Waals surface area (Å²) in [6.07, 6.45) is 9.90. The lowest BCUT2D eigenvalue weighted by Gasteiger charge is -2.26. The summed E-state index contributed by atoms with van der Waals surface area (Å²) < 4.78 is 0. The standard InChI is InChI=1S/C19H28N2/c1-2-19(21-15-17-10-12-20-13-11-17)14-18(19)9-8-16-6-4-3-5-7-16/h3-9,17-18,20-21H,2,10-15H2,1H3/b9-8+. The van der Waals surface area contributed by atoms with Crippen LogP contribution in [-0.4, -0.2) is 25.2 Å². The van der Waals surface area contributed by atoms with Gasteiger partial charge in [-0.3, -0.25) is 0 Å². The summed E-state index contributed by atoms with van der Waals surface area (Å²) in [5, 5.41) is 7.35. The van der Waals surface area contributed by atoms with E-state index in [0.717, 1.165) is 5.92 Å². The van der Waals surface area contributed by atoms with Crippen molar-refractivity contribution in [1.82, 2.24) is 10.6 Å². The summed E-state index contributed by atoms with van der Waals surface area (Å²) in [5.74, 6) is 1.58. The first-order chi connectivity index (χ1) is 10.3. The van der Waals surface area contributed by atoms with Crippen molar-refractivity contribution in [3.63, 3.8) is 0 Å². The van der Waals surface area contributed by atoms with Crippen molar-refractivity contribution in [2.45, 2.75) is 38.1 Å². The topological polar surface area (TPSA) is 24.1 Å². The Morgan fingerprint density at radius 1 is 1.24 bits per heavy atom. The highest BCUT2D eigenvalue weighted by atomic mass is 15.0. The second-order valence-corrected chi connectivity index (χ2v) is 6.66. The maximum Gasteiger partial charge on any atom is 0.0248 e. The van der Waals surface area contributed by atoms with Gasteiger partial charge in [0, 0.05) is 5.54 Å². The molecule has 114 valence electrons. The van der Waals surface area contributed by atoms with Gasteiger partial charge in [-0.15, -0.1) is 0 Å². The quantitative estimate of drug-likeness (QED) is 0.836. The third-order valence-corrected chi connectivity index (χ3v) is 5.29. The molecule has 1 aromatic rings. The van der Waals surface area contributed by atoms with Gasteiger partial charge in [-0.1, -0.05) is 49.4 Å². The largest absolute Gasteiger partial charge is 0.317 e. The van der Waals surface area contributed by atoms with Gasteiger partial charge < -0.3 is 10.6 Å². The van der Waals surface area contributed by atoms with Crippen molar-refractivity contribution in [2.24, 2.45) is 11.8 Å². The smallest absolute Gasteiger partial charge is 0.0248 e. The van der Waals surface area contributed by atoms with E-state index in [9.17, 15) is 0 Å². The molecule has 0 amide bonds. The predicted octanol–water partition coefficient (Wildman–Crippen LogP) is 3.46. The minimum atomic E-state index is 0.385. The zero-order valence-electron chi connectivity index (χ0n) is 13.1. The van der Waals surface area contributed by atoms with Gasteiger partial charge in [-0.05, 0) is 62.7 Å². The molecule has 3 rings (SSSR count). The number of hydrogen-bond donors (Lipinski definition) is 2.